The molecule has 3 aromatic carbocycles. The van der Waals surface area contributed by atoms with Crippen molar-refractivity contribution in [2.45, 2.75) is 57.5 Å². The molecule has 3 rings (SSSR count). The molecule has 2 amide bonds. The van der Waals surface area contributed by atoms with Crippen LogP contribution in [0.2, 0.25) is 0 Å². The first-order valence-electron chi connectivity index (χ1n) is 14.7. The molecule has 0 unspecified atom stereocenters. The van der Waals surface area contributed by atoms with Crippen LogP contribution in [0.1, 0.15) is 39.7 Å². The van der Waals surface area contributed by atoms with Crippen molar-refractivity contribution in [2.24, 2.45) is 0 Å². The van der Waals surface area contributed by atoms with Crippen LogP contribution in [0.4, 0.5) is 5.69 Å². The molecule has 0 heterocycles. The van der Waals surface area contributed by atoms with Crippen LogP contribution in [0.3, 0.4) is 0 Å². The fraction of sp³-hybridized carbons (Fsp3) is 0.394. The first kappa shape index (κ1) is 34.2. The van der Waals surface area contributed by atoms with Crippen molar-refractivity contribution in [3.63, 3.8) is 0 Å². The summed E-state index contributed by atoms with van der Waals surface area (Å²) in [5, 5.41) is 2.94. The van der Waals surface area contributed by atoms with E-state index in [0.29, 0.717) is 24.5 Å². The molecule has 11 heteroatoms. The second kappa shape index (κ2) is 16.0. The maximum absolute atomic E-state index is 14.2. The quantitative estimate of drug-likeness (QED) is 0.246. The smallest absolute Gasteiger partial charge is 0.264 e. The number of carbonyl (C=O) groups is 2. The number of methoxy groups -OCH3 is 2. The Morgan fingerprint density at radius 3 is 2.14 bits per heavy atom. The maximum Gasteiger partial charge on any atom is 0.264 e. The summed E-state index contributed by atoms with van der Waals surface area (Å²) in [4.78, 5) is 28.6. The summed E-state index contributed by atoms with van der Waals surface area (Å²) in [6.45, 7) is 7.48. The Kier molecular flexibility index (Phi) is 12.5. The predicted molar refractivity (Wildman–Crippen MR) is 171 cm³/mol. The number of ether oxygens (including phenoxy) is 3. The number of carbonyl (C=O) groups excluding carboxylic acids is 2. The lowest BCUT2D eigenvalue weighted by Gasteiger charge is -2.32. The molecule has 0 aromatic heterocycles. The molecule has 0 aliphatic carbocycles. The van der Waals surface area contributed by atoms with E-state index in [4.69, 9.17) is 14.2 Å². The number of nitrogens with one attached hydrogen (secondary N) is 1. The lowest BCUT2D eigenvalue weighted by Crippen LogP contribution is -2.53. The molecule has 1 N–H and O–H groups in total. The maximum atomic E-state index is 14.2. The highest BCUT2D eigenvalue weighted by Gasteiger charge is 2.33. The number of benzene rings is 3. The number of amides is 2. The van der Waals surface area contributed by atoms with Crippen molar-refractivity contribution in [1.29, 1.82) is 0 Å². The summed E-state index contributed by atoms with van der Waals surface area (Å²) >= 11 is 0. The van der Waals surface area contributed by atoms with E-state index in [-0.39, 0.29) is 34.8 Å². The van der Waals surface area contributed by atoms with E-state index in [1.807, 2.05) is 51.1 Å². The lowest BCUT2D eigenvalue weighted by molar-refractivity contribution is -0.139. The van der Waals surface area contributed by atoms with E-state index in [1.165, 1.54) is 37.3 Å². The Labute approximate surface area is 261 Å². The number of rotatable bonds is 16. The summed E-state index contributed by atoms with van der Waals surface area (Å²) in [6, 6.07) is 19.4. The summed E-state index contributed by atoms with van der Waals surface area (Å²) in [5.41, 5.74) is 1.25. The Balaban J connectivity index is 2.03. The zero-order chi connectivity index (χ0) is 32.3. The summed E-state index contributed by atoms with van der Waals surface area (Å²) in [7, 11) is -1.42. The molecular formula is C33H43N3O7S. The third-order valence-electron chi connectivity index (χ3n) is 7.31. The highest BCUT2D eigenvalue weighted by atomic mass is 32.2. The van der Waals surface area contributed by atoms with Crippen LogP contribution < -0.4 is 23.8 Å². The van der Waals surface area contributed by atoms with Crippen LogP contribution >= 0.6 is 0 Å². The third-order valence-corrected chi connectivity index (χ3v) is 9.08. The second-order valence-electron chi connectivity index (χ2n) is 10.3. The van der Waals surface area contributed by atoms with Gasteiger partial charge in [0.15, 0.2) is 11.5 Å². The molecule has 0 saturated carbocycles. The summed E-state index contributed by atoms with van der Waals surface area (Å²) in [6.07, 6.45) is 1.21. The van der Waals surface area contributed by atoms with Gasteiger partial charge in [-0.3, -0.25) is 13.9 Å². The average Bonchev–Trinajstić information content (AvgIpc) is 3.04. The van der Waals surface area contributed by atoms with Crippen LogP contribution in [-0.2, 0) is 26.0 Å². The predicted octanol–water partition coefficient (Wildman–Crippen LogP) is 4.67. The van der Waals surface area contributed by atoms with Crippen molar-refractivity contribution in [3.8, 4) is 17.2 Å². The molecule has 10 nitrogen and oxygen atoms in total. The molecule has 0 saturated heterocycles. The van der Waals surface area contributed by atoms with Crippen molar-refractivity contribution < 1.29 is 32.2 Å². The van der Waals surface area contributed by atoms with Gasteiger partial charge in [0.2, 0.25) is 11.8 Å². The van der Waals surface area contributed by atoms with Crippen molar-refractivity contribution in [1.82, 2.24) is 10.2 Å². The molecule has 0 aliphatic heterocycles. The van der Waals surface area contributed by atoms with Gasteiger partial charge in [0, 0.05) is 18.7 Å². The fourth-order valence-corrected chi connectivity index (χ4v) is 5.97. The summed E-state index contributed by atoms with van der Waals surface area (Å²) < 4.78 is 45.6. The van der Waals surface area contributed by atoms with E-state index in [2.05, 4.69) is 5.32 Å². The van der Waals surface area contributed by atoms with Gasteiger partial charge >= 0.3 is 0 Å². The minimum absolute atomic E-state index is 0.0817. The largest absolute Gasteiger partial charge is 0.494 e. The Hall–Kier alpha value is -4.25. The normalized spacial score (nSPS) is 12.5. The van der Waals surface area contributed by atoms with Gasteiger partial charge in [-0.05, 0) is 75.6 Å². The molecule has 2 atom stereocenters. The van der Waals surface area contributed by atoms with Gasteiger partial charge in [-0.25, -0.2) is 8.42 Å². The molecule has 0 fully saturated rings. The van der Waals surface area contributed by atoms with Crippen LogP contribution in [0, 0.1) is 0 Å². The van der Waals surface area contributed by atoms with Gasteiger partial charge in [0.1, 0.15) is 18.3 Å². The zero-order valence-electron chi connectivity index (χ0n) is 26.3. The second-order valence-corrected chi connectivity index (χ2v) is 12.1. The monoisotopic (exact) mass is 625 g/mol. The Morgan fingerprint density at radius 2 is 1.55 bits per heavy atom. The molecule has 0 bridgehead atoms. The minimum atomic E-state index is -4.29. The molecule has 0 spiro atoms. The number of nitrogens with zero attached hydrogens (tertiary/aromatic N) is 2. The first-order chi connectivity index (χ1) is 21.0. The number of hydrogen-bond acceptors (Lipinski definition) is 7. The molecule has 0 aliphatic rings. The molecular weight excluding hydrogens is 582 g/mol. The van der Waals surface area contributed by atoms with Gasteiger partial charge in [0.25, 0.3) is 10.0 Å². The third kappa shape index (κ3) is 8.66. The fourth-order valence-electron chi connectivity index (χ4n) is 4.54. The van der Waals surface area contributed by atoms with Crippen LogP contribution in [-0.4, -0.2) is 71.1 Å². The average molecular weight is 626 g/mol. The van der Waals surface area contributed by atoms with Crippen LogP contribution in [0.25, 0.3) is 0 Å². The summed E-state index contributed by atoms with van der Waals surface area (Å²) in [5.74, 6) is 0.322. The number of sulfonamides is 1. The van der Waals surface area contributed by atoms with E-state index in [0.717, 1.165) is 16.3 Å². The van der Waals surface area contributed by atoms with Gasteiger partial charge in [-0.1, -0.05) is 37.3 Å². The molecule has 0 radical (unpaired) electrons. The van der Waals surface area contributed by atoms with E-state index in [1.54, 1.807) is 31.2 Å². The molecule has 3 aromatic rings. The van der Waals surface area contributed by atoms with Crippen molar-refractivity contribution in [2.75, 3.05) is 38.2 Å². The van der Waals surface area contributed by atoms with Gasteiger partial charge in [-0.15, -0.1) is 0 Å². The number of hydrogen-bond donors (Lipinski definition) is 1. The highest BCUT2D eigenvalue weighted by molar-refractivity contribution is 7.92. The van der Waals surface area contributed by atoms with E-state index < -0.39 is 28.5 Å². The van der Waals surface area contributed by atoms with Gasteiger partial charge in [0.05, 0.1) is 31.4 Å². The van der Waals surface area contributed by atoms with E-state index >= 15 is 0 Å². The Morgan fingerprint density at radius 1 is 0.886 bits per heavy atom. The van der Waals surface area contributed by atoms with Crippen molar-refractivity contribution in [3.05, 3.63) is 78.4 Å². The van der Waals surface area contributed by atoms with Gasteiger partial charge < -0.3 is 24.4 Å². The zero-order valence-corrected chi connectivity index (χ0v) is 27.1. The van der Waals surface area contributed by atoms with E-state index in [9.17, 15) is 18.0 Å². The van der Waals surface area contributed by atoms with Crippen molar-refractivity contribution >= 4 is 27.5 Å². The highest BCUT2D eigenvalue weighted by Crippen LogP contribution is 2.33. The minimum Gasteiger partial charge on any atom is -0.494 e. The molecule has 238 valence electrons. The SMILES string of the molecule is CCOc1ccc(N(CC(=O)N(CCc2ccccc2)[C@H](C)C(=O)N[C@H](C)CC)S(=O)(=O)c2ccc(OC)c(OC)c2)cc1. The Bertz CT molecular complexity index is 1480. The van der Waals surface area contributed by atoms with Crippen LogP contribution in [0.5, 0.6) is 17.2 Å². The van der Waals surface area contributed by atoms with Crippen LogP contribution in [0.15, 0.2) is 77.7 Å². The first-order valence-corrected chi connectivity index (χ1v) is 16.1. The van der Waals surface area contributed by atoms with Gasteiger partial charge in [-0.2, -0.15) is 0 Å². The standard InChI is InChI=1S/C33H43N3O7S/c1-7-24(3)34-33(38)25(4)35(21-20-26-12-10-9-11-13-26)32(37)23-36(27-14-16-28(17-15-27)43-8-2)44(39,40)29-18-19-30(41-5)31(22-29)42-6/h9-19,22,24-25H,7-8,20-21,23H2,1-6H3,(H,34,38)/t24-,25-/m1/s1. The topological polar surface area (TPSA) is 114 Å². The number of anilines is 1. The molecule has 44 heavy (non-hydrogen) atoms. The lowest BCUT2D eigenvalue weighted by atomic mass is 10.1.